The Balaban J connectivity index is 0.00000961. The predicted octanol–water partition coefficient (Wildman–Crippen LogP) is -0.439. The van der Waals surface area contributed by atoms with Crippen molar-refractivity contribution in [3.63, 3.8) is 0 Å². The maximum atomic E-state index is 13.1. The summed E-state index contributed by atoms with van der Waals surface area (Å²) < 4.78 is 32.3. The molecule has 0 radical (unpaired) electrons. The fraction of sp³-hybridized carbons (Fsp3) is 0.750. The van der Waals surface area contributed by atoms with Gasteiger partial charge in [0.05, 0.1) is 46.2 Å². The molecule has 0 aromatic carbocycles. The quantitative estimate of drug-likeness (QED) is 0.158. The van der Waals surface area contributed by atoms with Crippen molar-refractivity contribution in [3.8, 4) is 0 Å². The van der Waals surface area contributed by atoms with E-state index in [1.807, 2.05) is 35.2 Å². The minimum absolute atomic E-state index is 0. The largest absolute Gasteiger partial charge is 1.00 e. The van der Waals surface area contributed by atoms with Gasteiger partial charge in [-0.2, -0.15) is 4.98 Å². The van der Waals surface area contributed by atoms with Crippen LogP contribution in [0.2, 0.25) is 0 Å². The van der Waals surface area contributed by atoms with Crippen molar-refractivity contribution in [2.45, 2.75) is 52.6 Å². The van der Waals surface area contributed by atoms with Crippen molar-refractivity contribution in [1.29, 1.82) is 0 Å². The van der Waals surface area contributed by atoms with Gasteiger partial charge in [0.1, 0.15) is 19.0 Å². The molecule has 1 aromatic heterocycles. The van der Waals surface area contributed by atoms with E-state index in [-0.39, 0.29) is 37.5 Å². The molecule has 0 saturated carbocycles. The number of hydrogen-bond donors (Lipinski definition) is 0. The minimum Gasteiger partial charge on any atom is -1.00 e. The highest BCUT2D eigenvalue weighted by molar-refractivity contribution is 7.53. The van der Waals surface area contributed by atoms with E-state index in [9.17, 15) is 9.36 Å². The lowest BCUT2D eigenvalue weighted by Gasteiger charge is -2.31. The molecule has 0 saturated heterocycles. The lowest BCUT2D eigenvalue weighted by atomic mass is 10.3. The van der Waals surface area contributed by atoms with E-state index in [1.165, 1.54) is 4.57 Å². The summed E-state index contributed by atoms with van der Waals surface area (Å²) in [5, 5.41) is 0. The number of quaternary nitrogens is 1. The van der Waals surface area contributed by atoms with Gasteiger partial charge in [0.25, 0.3) is 0 Å². The topological polar surface area (TPSA) is 95.3 Å². The monoisotopic (exact) mass is 495 g/mol. The van der Waals surface area contributed by atoms with Gasteiger partial charge in [0.2, 0.25) is 0 Å². The van der Waals surface area contributed by atoms with Crippen LogP contribution in [-0.4, -0.2) is 91.7 Å². The Hall–Kier alpha value is -1.29. The number of hydrogen-bond acceptors (Lipinski definition) is 7. The summed E-state index contributed by atoms with van der Waals surface area (Å²) in [6.07, 6.45) is 2.07. The standard InChI is InChI=1S/C20H39N5O5P.ClH/c1-16(2)29-31(27,30-17(3)4)15-28-18(13-25(7,8)9)12-24-11-10-19(22-20(24)26)21-14-23(5)6;/h10-11,14,16-18H,12-13,15H2,1-9H3;1H/q+1;/p-1. The van der Waals surface area contributed by atoms with Crippen molar-refractivity contribution < 1.29 is 35.2 Å². The highest BCUT2D eigenvalue weighted by Gasteiger charge is 2.31. The second-order valence-electron chi connectivity index (χ2n) is 9.24. The SMILES string of the molecule is CC(C)OP(=O)(COC(Cn1ccc(N=CN(C)C)nc1=O)C[N+](C)(C)C)OC(C)C.[Cl-]. The van der Waals surface area contributed by atoms with Crippen molar-refractivity contribution in [3.05, 3.63) is 22.7 Å². The number of halogens is 1. The molecule has 0 aliphatic carbocycles. The third-order valence-electron chi connectivity index (χ3n) is 3.64. The molecule has 186 valence electrons. The van der Waals surface area contributed by atoms with E-state index in [4.69, 9.17) is 13.8 Å². The van der Waals surface area contributed by atoms with E-state index >= 15 is 0 Å². The zero-order valence-electron chi connectivity index (χ0n) is 20.7. The van der Waals surface area contributed by atoms with Crippen molar-refractivity contribution in [1.82, 2.24) is 14.5 Å². The van der Waals surface area contributed by atoms with Crippen LogP contribution in [0.15, 0.2) is 22.1 Å². The number of aromatic nitrogens is 2. The van der Waals surface area contributed by atoms with Crippen molar-refractivity contribution in [2.75, 3.05) is 48.1 Å². The summed E-state index contributed by atoms with van der Waals surface area (Å²) in [6, 6.07) is 1.67. The molecule has 0 aliphatic heterocycles. The molecule has 1 atom stereocenters. The van der Waals surface area contributed by atoms with Crippen LogP contribution < -0.4 is 18.1 Å². The lowest BCUT2D eigenvalue weighted by molar-refractivity contribution is -0.873. The molecule has 1 heterocycles. The first-order chi connectivity index (χ1) is 14.2. The van der Waals surface area contributed by atoms with E-state index < -0.39 is 19.4 Å². The average Bonchev–Trinajstić information content (AvgIpc) is 2.57. The Morgan fingerprint density at radius 1 is 1.19 bits per heavy atom. The van der Waals surface area contributed by atoms with Crippen LogP contribution in [0.1, 0.15) is 27.7 Å². The molecule has 0 amide bonds. The molecule has 12 heteroatoms. The summed E-state index contributed by atoms with van der Waals surface area (Å²) in [7, 11) is 6.28. The van der Waals surface area contributed by atoms with Crippen LogP contribution in [0.3, 0.4) is 0 Å². The van der Waals surface area contributed by atoms with Gasteiger partial charge >= 0.3 is 13.3 Å². The summed E-state index contributed by atoms with van der Waals surface area (Å²) in [5.41, 5.74) is -0.427. The second kappa shape index (κ2) is 13.4. The van der Waals surface area contributed by atoms with Gasteiger partial charge in [0, 0.05) is 20.3 Å². The van der Waals surface area contributed by atoms with Gasteiger partial charge in [-0.15, -0.1) is 0 Å². The molecule has 1 aromatic rings. The molecule has 0 aliphatic rings. The van der Waals surface area contributed by atoms with Gasteiger partial charge in [-0.05, 0) is 33.8 Å². The molecule has 1 unspecified atom stereocenters. The Kier molecular flexibility index (Phi) is 12.9. The van der Waals surface area contributed by atoms with Gasteiger partial charge in [-0.25, -0.2) is 9.79 Å². The number of likely N-dealkylation sites (N-methyl/N-ethyl adjacent to an activating group) is 1. The summed E-state index contributed by atoms with van der Waals surface area (Å²) in [4.78, 5) is 22.4. The van der Waals surface area contributed by atoms with Crippen LogP contribution in [0, 0.1) is 0 Å². The first-order valence-corrected chi connectivity index (χ1v) is 12.1. The van der Waals surface area contributed by atoms with Crippen LogP contribution in [0.25, 0.3) is 0 Å². The molecule has 32 heavy (non-hydrogen) atoms. The van der Waals surface area contributed by atoms with Crippen molar-refractivity contribution >= 4 is 19.8 Å². The molecule has 10 nitrogen and oxygen atoms in total. The van der Waals surface area contributed by atoms with Gasteiger partial charge < -0.3 is 35.6 Å². The number of ether oxygens (including phenoxy) is 1. The highest BCUT2D eigenvalue weighted by atomic mass is 35.5. The predicted molar refractivity (Wildman–Crippen MR) is 123 cm³/mol. The first-order valence-electron chi connectivity index (χ1n) is 10.3. The molecule has 0 spiro atoms. The Bertz CT molecular complexity index is 809. The fourth-order valence-electron chi connectivity index (χ4n) is 2.72. The molecule has 0 fully saturated rings. The Labute approximate surface area is 198 Å². The van der Waals surface area contributed by atoms with Crippen LogP contribution >= 0.6 is 7.60 Å². The van der Waals surface area contributed by atoms with Gasteiger partial charge in [0.15, 0.2) is 5.82 Å². The fourth-order valence-corrected chi connectivity index (χ4v) is 4.57. The zero-order valence-corrected chi connectivity index (χ0v) is 22.3. The molecule has 1 rings (SSSR count). The summed E-state index contributed by atoms with van der Waals surface area (Å²) in [6.45, 7) is 8.02. The number of nitrogens with zero attached hydrogens (tertiary/aromatic N) is 5. The normalized spacial score (nSPS) is 13.6. The van der Waals surface area contributed by atoms with E-state index in [2.05, 4.69) is 9.98 Å². The lowest BCUT2D eigenvalue weighted by Crippen LogP contribution is -3.00. The Morgan fingerprint density at radius 2 is 1.75 bits per heavy atom. The number of aliphatic imine (C=N–C) groups is 1. The molecule has 0 N–H and O–H groups in total. The van der Waals surface area contributed by atoms with Gasteiger partial charge in [-0.3, -0.25) is 9.13 Å². The molecular weight excluding hydrogens is 457 g/mol. The first kappa shape index (κ1) is 30.7. The van der Waals surface area contributed by atoms with Gasteiger partial charge in [-0.1, -0.05) is 0 Å². The molecular formula is C20H39ClN5O5P. The third kappa shape index (κ3) is 12.7. The summed E-state index contributed by atoms with van der Waals surface area (Å²) >= 11 is 0. The minimum atomic E-state index is -3.45. The molecule has 0 bridgehead atoms. The maximum absolute atomic E-state index is 13.1. The summed E-state index contributed by atoms with van der Waals surface area (Å²) in [5.74, 6) is 0.333. The Morgan fingerprint density at radius 3 is 2.19 bits per heavy atom. The number of rotatable bonds is 13. The van der Waals surface area contributed by atoms with Crippen molar-refractivity contribution in [2.24, 2.45) is 4.99 Å². The maximum Gasteiger partial charge on any atom is 0.356 e. The van der Waals surface area contributed by atoms with E-state index in [1.54, 1.807) is 51.2 Å². The zero-order chi connectivity index (χ0) is 23.8. The smallest absolute Gasteiger partial charge is 0.356 e. The van der Waals surface area contributed by atoms with E-state index in [0.717, 1.165) is 0 Å². The second-order valence-corrected chi connectivity index (χ2v) is 11.1. The van der Waals surface area contributed by atoms with E-state index in [0.29, 0.717) is 16.8 Å². The van der Waals surface area contributed by atoms with Crippen LogP contribution in [-0.2, 0) is 24.9 Å². The van der Waals surface area contributed by atoms with Crippen LogP contribution in [0.4, 0.5) is 5.82 Å². The van der Waals surface area contributed by atoms with Crippen LogP contribution in [0.5, 0.6) is 0 Å². The average molecular weight is 496 g/mol. The highest BCUT2D eigenvalue weighted by Crippen LogP contribution is 2.50. The third-order valence-corrected chi connectivity index (χ3v) is 5.59.